The van der Waals surface area contributed by atoms with Gasteiger partial charge in [-0.2, -0.15) is 0 Å². The molecule has 1 fully saturated rings. The van der Waals surface area contributed by atoms with Crippen LogP contribution >= 0.6 is 0 Å². The zero-order valence-electron chi connectivity index (χ0n) is 13.5. The second-order valence-corrected chi connectivity index (χ2v) is 6.43. The summed E-state index contributed by atoms with van der Waals surface area (Å²) in [6.07, 6.45) is 2.47. The predicted octanol–water partition coefficient (Wildman–Crippen LogP) is 3.36. The molecule has 0 amide bonds. The van der Waals surface area contributed by atoms with E-state index in [1.165, 1.54) is 11.3 Å². The molecule has 2 aliphatic heterocycles. The van der Waals surface area contributed by atoms with E-state index in [-0.39, 0.29) is 0 Å². The first-order chi connectivity index (χ1) is 11.2. The number of aromatic nitrogens is 1. The number of rotatable bonds is 3. The van der Waals surface area contributed by atoms with Crippen molar-refractivity contribution in [2.75, 3.05) is 28.6 Å². The summed E-state index contributed by atoms with van der Waals surface area (Å²) in [4.78, 5) is 6.77. The molecule has 0 spiro atoms. The molecule has 0 bridgehead atoms. The summed E-state index contributed by atoms with van der Waals surface area (Å²) in [5.41, 5.74) is 4.61. The van der Waals surface area contributed by atoms with E-state index in [9.17, 15) is 0 Å². The normalized spacial score (nSPS) is 16.7. The molecule has 0 unspecified atom stereocenters. The second kappa shape index (κ2) is 5.74. The number of anilines is 4. The number of benzene rings is 1. The number of hydrogen-bond donors (Lipinski definition) is 2. The molecule has 0 aliphatic carbocycles. The van der Waals surface area contributed by atoms with Crippen molar-refractivity contribution in [3.8, 4) is 0 Å². The first kappa shape index (κ1) is 14.3. The van der Waals surface area contributed by atoms with Gasteiger partial charge in [-0.05, 0) is 38.1 Å². The van der Waals surface area contributed by atoms with Crippen LogP contribution in [0.3, 0.4) is 0 Å². The summed E-state index contributed by atoms with van der Waals surface area (Å²) in [7, 11) is 0. The zero-order valence-corrected chi connectivity index (χ0v) is 13.5. The average Bonchev–Trinajstić information content (AvgIpc) is 2.69. The molecule has 5 nitrogen and oxygen atoms in total. The minimum Gasteiger partial charge on any atom is -0.379 e. The maximum atomic E-state index is 5.83. The Bertz CT molecular complexity index is 710. The van der Waals surface area contributed by atoms with Gasteiger partial charge in [0.1, 0.15) is 5.82 Å². The highest BCUT2D eigenvalue weighted by molar-refractivity contribution is 5.80. The third kappa shape index (κ3) is 2.84. The Morgan fingerprint density at radius 1 is 1.22 bits per heavy atom. The van der Waals surface area contributed by atoms with Crippen LogP contribution in [0.1, 0.15) is 19.4 Å². The summed E-state index contributed by atoms with van der Waals surface area (Å²) in [6.45, 7) is 6.89. The van der Waals surface area contributed by atoms with Gasteiger partial charge in [0, 0.05) is 37.1 Å². The van der Waals surface area contributed by atoms with Gasteiger partial charge >= 0.3 is 0 Å². The summed E-state index contributed by atoms with van der Waals surface area (Å²) < 4.78 is 5.83. The fraction of sp³-hybridized carbons (Fsp3) is 0.389. The van der Waals surface area contributed by atoms with Crippen LogP contribution in [0.5, 0.6) is 0 Å². The van der Waals surface area contributed by atoms with Crippen molar-refractivity contribution in [1.82, 2.24) is 4.98 Å². The van der Waals surface area contributed by atoms with E-state index in [1.807, 2.05) is 12.3 Å². The first-order valence-corrected chi connectivity index (χ1v) is 8.18. The fourth-order valence-electron chi connectivity index (χ4n) is 3.12. The highest BCUT2D eigenvalue weighted by Crippen LogP contribution is 2.35. The molecule has 5 heteroatoms. The monoisotopic (exact) mass is 310 g/mol. The molecule has 2 aliphatic rings. The van der Waals surface area contributed by atoms with Gasteiger partial charge < -0.3 is 20.3 Å². The van der Waals surface area contributed by atoms with Crippen LogP contribution in [-0.2, 0) is 11.3 Å². The minimum absolute atomic E-state index is 0.297. The van der Waals surface area contributed by atoms with Crippen molar-refractivity contribution in [3.63, 3.8) is 0 Å². The van der Waals surface area contributed by atoms with E-state index >= 15 is 0 Å². The van der Waals surface area contributed by atoms with Crippen molar-refractivity contribution in [1.29, 1.82) is 0 Å². The van der Waals surface area contributed by atoms with Crippen molar-refractivity contribution in [2.45, 2.75) is 32.6 Å². The maximum absolute atomic E-state index is 5.83. The number of fused-ring (bicyclic) bond motifs is 2. The van der Waals surface area contributed by atoms with Crippen LogP contribution in [0, 0.1) is 0 Å². The van der Waals surface area contributed by atoms with Crippen LogP contribution in [0.15, 0.2) is 36.5 Å². The van der Waals surface area contributed by atoms with E-state index in [0.29, 0.717) is 12.2 Å². The van der Waals surface area contributed by atoms with Gasteiger partial charge in [0.25, 0.3) is 0 Å². The largest absolute Gasteiger partial charge is 0.379 e. The fourth-order valence-corrected chi connectivity index (χ4v) is 3.12. The van der Waals surface area contributed by atoms with Crippen molar-refractivity contribution >= 4 is 22.9 Å². The van der Waals surface area contributed by atoms with Crippen LogP contribution in [0.4, 0.5) is 22.9 Å². The average molecular weight is 310 g/mol. The molecule has 1 aromatic carbocycles. The number of pyridine rings is 1. The molecular formula is C18H22N4O. The van der Waals surface area contributed by atoms with Crippen molar-refractivity contribution < 1.29 is 4.74 Å². The Kier molecular flexibility index (Phi) is 3.58. The Hall–Kier alpha value is -2.27. The summed E-state index contributed by atoms with van der Waals surface area (Å²) in [5, 5.41) is 6.93. The van der Waals surface area contributed by atoms with Gasteiger partial charge in [-0.15, -0.1) is 0 Å². The van der Waals surface area contributed by atoms with Crippen LogP contribution in [0.2, 0.25) is 0 Å². The molecule has 3 heterocycles. The van der Waals surface area contributed by atoms with E-state index < -0.39 is 0 Å². The Labute approximate surface area is 136 Å². The maximum Gasteiger partial charge on any atom is 0.135 e. The minimum atomic E-state index is 0.297. The SMILES string of the molecule is CC(C)OC1CN(c2ccc3c(c2)NCc2cccnc2N3)C1. The summed E-state index contributed by atoms with van der Waals surface area (Å²) >= 11 is 0. The molecule has 1 aromatic heterocycles. The van der Waals surface area contributed by atoms with Gasteiger partial charge in [-0.3, -0.25) is 0 Å². The Morgan fingerprint density at radius 2 is 2.09 bits per heavy atom. The van der Waals surface area contributed by atoms with Gasteiger partial charge in [-0.1, -0.05) is 6.07 Å². The molecule has 120 valence electrons. The number of ether oxygens (including phenoxy) is 1. The van der Waals surface area contributed by atoms with E-state index in [4.69, 9.17) is 4.74 Å². The zero-order chi connectivity index (χ0) is 15.8. The lowest BCUT2D eigenvalue weighted by atomic mass is 10.1. The van der Waals surface area contributed by atoms with E-state index in [0.717, 1.165) is 36.8 Å². The molecule has 0 atom stereocenters. The van der Waals surface area contributed by atoms with Gasteiger partial charge in [0.15, 0.2) is 0 Å². The molecule has 0 saturated carbocycles. The topological polar surface area (TPSA) is 49.4 Å². The van der Waals surface area contributed by atoms with Gasteiger partial charge in [0.05, 0.1) is 23.6 Å². The summed E-state index contributed by atoms with van der Waals surface area (Å²) in [6, 6.07) is 10.6. The third-order valence-electron chi connectivity index (χ3n) is 4.29. The van der Waals surface area contributed by atoms with Gasteiger partial charge in [-0.25, -0.2) is 4.98 Å². The Morgan fingerprint density at radius 3 is 2.91 bits per heavy atom. The van der Waals surface area contributed by atoms with Crippen LogP contribution in [-0.4, -0.2) is 30.3 Å². The number of nitrogens with zero attached hydrogens (tertiary/aromatic N) is 2. The lowest BCUT2D eigenvalue weighted by molar-refractivity contribution is -0.00718. The predicted molar refractivity (Wildman–Crippen MR) is 93.5 cm³/mol. The molecule has 2 aromatic rings. The lowest BCUT2D eigenvalue weighted by Gasteiger charge is -2.41. The smallest absolute Gasteiger partial charge is 0.135 e. The third-order valence-corrected chi connectivity index (χ3v) is 4.29. The highest BCUT2D eigenvalue weighted by Gasteiger charge is 2.28. The highest BCUT2D eigenvalue weighted by atomic mass is 16.5. The standard InChI is InChI=1S/C18H22N4O/c1-12(2)23-15-10-22(11-15)14-5-6-16-17(8-14)20-9-13-4-3-7-19-18(13)21-16/h3-8,12,15,20H,9-11H2,1-2H3,(H,19,21). The van der Waals surface area contributed by atoms with Crippen LogP contribution < -0.4 is 15.5 Å². The summed E-state index contributed by atoms with van der Waals surface area (Å²) in [5.74, 6) is 0.931. The lowest BCUT2D eigenvalue weighted by Crippen LogP contribution is -2.53. The Balaban J connectivity index is 1.50. The van der Waals surface area contributed by atoms with Crippen molar-refractivity contribution in [3.05, 3.63) is 42.1 Å². The number of nitrogens with one attached hydrogen (secondary N) is 2. The molecule has 23 heavy (non-hydrogen) atoms. The second-order valence-electron chi connectivity index (χ2n) is 6.43. The van der Waals surface area contributed by atoms with Crippen molar-refractivity contribution in [2.24, 2.45) is 0 Å². The van der Waals surface area contributed by atoms with Crippen LogP contribution in [0.25, 0.3) is 0 Å². The van der Waals surface area contributed by atoms with Gasteiger partial charge in [0.2, 0.25) is 0 Å². The molecule has 2 N–H and O–H groups in total. The first-order valence-electron chi connectivity index (χ1n) is 8.18. The van der Waals surface area contributed by atoms with E-state index in [1.54, 1.807) is 0 Å². The molecule has 1 saturated heterocycles. The molecule has 4 rings (SSSR count). The quantitative estimate of drug-likeness (QED) is 0.910. The molecule has 0 radical (unpaired) electrons. The molecular weight excluding hydrogens is 288 g/mol. The number of hydrogen-bond acceptors (Lipinski definition) is 5. The van der Waals surface area contributed by atoms with E-state index in [2.05, 4.69) is 58.6 Å².